The van der Waals surface area contributed by atoms with E-state index in [0.717, 1.165) is 6.42 Å². The third-order valence-corrected chi connectivity index (χ3v) is 8.15. The van der Waals surface area contributed by atoms with Crippen molar-refractivity contribution in [2.24, 2.45) is 23.7 Å². The summed E-state index contributed by atoms with van der Waals surface area (Å²) in [6, 6.07) is 12.4. The van der Waals surface area contributed by atoms with Crippen LogP contribution in [0.2, 0.25) is 5.02 Å². The SMILES string of the molecule is O=C(COC(=O)[C@@H]1[C@H]2C[C@H]3[C@H](OC(=O)[C@@H]31)[C@H]2Br)c1ccc(OC(=O)c2ccccc2Cl)cc1. The Morgan fingerprint density at radius 2 is 1.79 bits per heavy atom. The molecule has 0 N–H and O–H groups in total. The Kier molecular flexibility index (Phi) is 5.74. The largest absolute Gasteiger partial charge is 0.461 e. The third kappa shape index (κ3) is 3.85. The summed E-state index contributed by atoms with van der Waals surface area (Å²) in [5.41, 5.74) is 0.530. The summed E-state index contributed by atoms with van der Waals surface area (Å²) in [5.74, 6) is -2.76. The molecular formula is C24H18BrClO7. The Bertz CT molecular complexity index is 1150. The monoisotopic (exact) mass is 532 g/mol. The molecule has 7 nitrogen and oxygen atoms in total. The third-order valence-electron chi connectivity index (χ3n) is 6.62. The van der Waals surface area contributed by atoms with Crippen LogP contribution in [0.1, 0.15) is 27.1 Å². The summed E-state index contributed by atoms with van der Waals surface area (Å²) in [7, 11) is 0. The maximum absolute atomic E-state index is 12.7. The second-order valence-electron chi connectivity index (χ2n) is 8.39. The van der Waals surface area contributed by atoms with Gasteiger partial charge < -0.3 is 14.2 Å². The molecule has 3 fully saturated rings. The highest BCUT2D eigenvalue weighted by Gasteiger charge is 2.68. The first-order chi connectivity index (χ1) is 15.8. The number of alkyl halides is 1. The van der Waals surface area contributed by atoms with Crippen molar-refractivity contribution >= 4 is 51.2 Å². The quantitative estimate of drug-likeness (QED) is 0.241. The van der Waals surface area contributed by atoms with E-state index >= 15 is 0 Å². The van der Waals surface area contributed by atoms with Crippen LogP contribution in [0.15, 0.2) is 48.5 Å². The van der Waals surface area contributed by atoms with Gasteiger partial charge in [-0.1, -0.05) is 39.7 Å². The Morgan fingerprint density at radius 1 is 1.06 bits per heavy atom. The summed E-state index contributed by atoms with van der Waals surface area (Å²) in [6.07, 6.45) is 0.558. The molecule has 2 aromatic rings. The molecule has 1 aliphatic heterocycles. The van der Waals surface area contributed by atoms with Crippen molar-refractivity contribution in [1.29, 1.82) is 0 Å². The van der Waals surface area contributed by atoms with E-state index in [1.807, 2.05) is 0 Å². The van der Waals surface area contributed by atoms with Gasteiger partial charge in [0.15, 0.2) is 12.4 Å². The van der Waals surface area contributed by atoms with E-state index < -0.39 is 36.2 Å². The fourth-order valence-corrected chi connectivity index (χ4v) is 6.37. The van der Waals surface area contributed by atoms with E-state index in [1.165, 1.54) is 24.3 Å². The highest BCUT2D eigenvalue weighted by Crippen LogP contribution is 2.60. The van der Waals surface area contributed by atoms with Gasteiger partial charge in [0.1, 0.15) is 11.9 Å². The molecule has 2 aromatic carbocycles. The van der Waals surface area contributed by atoms with Crippen LogP contribution in [-0.4, -0.2) is 41.2 Å². The Morgan fingerprint density at radius 3 is 2.52 bits per heavy atom. The van der Waals surface area contributed by atoms with Crippen LogP contribution in [-0.2, 0) is 19.1 Å². The van der Waals surface area contributed by atoms with E-state index in [-0.39, 0.29) is 45.1 Å². The van der Waals surface area contributed by atoms with Gasteiger partial charge in [-0.3, -0.25) is 14.4 Å². The standard InChI is InChI=1S/C24H18BrClO7/c25-20-14-9-15-19(24(30)33-21(15)20)18(14)23(29)31-10-17(27)11-5-7-12(8-6-11)32-22(28)13-3-1-2-4-16(13)26/h1-8,14-15,18-21H,9-10H2/t14-,15-,18-,19+,20+,21+/m1/s1. The molecule has 1 heterocycles. The van der Waals surface area contributed by atoms with Gasteiger partial charge in [-0.2, -0.15) is 0 Å². The average Bonchev–Trinajstić information content (AvgIpc) is 3.42. The smallest absolute Gasteiger partial charge is 0.345 e. The zero-order valence-corrected chi connectivity index (χ0v) is 19.5. The molecule has 0 unspecified atom stereocenters. The zero-order chi connectivity index (χ0) is 23.3. The molecule has 0 aromatic heterocycles. The van der Waals surface area contributed by atoms with Crippen LogP contribution in [0.5, 0.6) is 5.75 Å². The van der Waals surface area contributed by atoms with Crippen LogP contribution >= 0.6 is 27.5 Å². The number of ether oxygens (including phenoxy) is 3. The number of fused-ring (bicyclic) bond motifs is 1. The molecule has 2 bridgehead atoms. The molecule has 3 aliphatic rings. The molecule has 9 heteroatoms. The van der Waals surface area contributed by atoms with Gasteiger partial charge in [0.05, 0.1) is 27.2 Å². The highest BCUT2D eigenvalue weighted by atomic mass is 79.9. The minimum absolute atomic E-state index is 0.0288. The van der Waals surface area contributed by atoms with E-state index in [0.29, 0.717) is 5.56 Å². The maximum Gasteiger partial charge on any atom is 0.345 e. The number of carbonyl (C=O) groups excluding carboxylic acids is 4. The van der Waals surface area contributed by atoms with Gasteiger partial charge in [-0.15, -0.1) is 0 Å². The van der Waals surface area contributed by atoms with Gasteiger partial charge in [0.2, 0.25) is 0 Å². The topological polar surface area (TPSA) is 96.0 Å². The predicted octanol–water partition coefficient (Wildman–Crippen LogP) is 3.86. The maximum atomic E-state index is 12.7. The van der Waals surface area contributed by atoms with Crippen molar-refractivity contribution < 1.29 is 33.4 Å². The first-order valence-electron chi connectivity index (χ1n) is 10.5. The average molecular weight is 534 g/mol. The summed E-state index contributed by atoms with van der Waals surface area (Å²) < 4.78 is 16.0. The summed E-state index contributed by atoms with van der Waals surface area (Å²) >= 11 is 9.55. The van der Waals surface area contributed by atoms with E-state index in [1.54, 1.807) is 24.3 Å². The van der Waals surface area contributed by atoms with Crippen LogP contribution in [0.25, 0.3) is 0 Å². The van der Waals surface area contributed by atoms with E-state index in [4.69, 9.17) is 25.8 Å². The molecule has 0 radical (unpaired) electrons. The van der Waals surface area contributed by atoms with Gasteiger partial charge in [0.25, 0.3) is 0 Å². The van der Waals surface area contributed by atoms with Crippen molar-refractivity contribution in [3.63, 3.8) is 0 Å². The molecule has 1 saturated heterocycles. The summed E-state index contributed by atoms with van der Waals surface area (Å²) in [5, 5.41) is 0.277. The molecule has 170 valence electrons. The minimum atomic E-state index is -0.614. The van der Waals surface area contributed by atoms with Crippen LogP contribution in [0.3, 0.4) is 0 Å². The molecule has 2 saturated carbocycles. The fourth-order valence-electron chi connectivity index (χ4n) is 5.11. The van der Waals surface area contributed by atoms with Gasteiger partial charge >= 0.3 is 17.9 Å². The van der Waals surface area contributed by atoms with Crippen molar-refractivity contribution in [2.75, 3.05) is 6.61 Å². The summed E-state index contributed by atoms with van der Waals surface area (Å²) in [6.45, 7) is -0.441. The highest BCUT2D eigenvalue weighted by molar-refractivity contribution is 9.09. The van der Waals surface area contributed by atoms with E-state index in [2.05, 4.69) is 15.9 Å². The number of carbonyl (C=O) groups is 4. The fraction of sp³-hybridized carbons (Fsp3) is 0.333. The second-order valence-corrected chi connectivity index (χ2v) is 9.85. The number of ketones is 1. The number of hydrogen-bond donors (Lipinski definition) is 0. The lowest BCUT2D eigenvalue weighted by Crippen LogP contribution is -2.39. The lowest BCUT2D eigenvalue weighted by atomic mass is 9.80. The number of esters is 3. The molecule has 33 heavy (non-hydrogen) atoms. The predicted molar refractivity (Wildman–Crippen MR) is 119 cm³/mol. The number of benzene rings is 2. The lowest BCUT2D eigenvalue weighted by molar-refractivity contribution is -0.154. The van der Waals surface area contributed by atoms with Gasteiger partial charge in [-0.05, 0) is 48.7 Å². The number of rotatable bonds is 6. The first kappa shape index (κ1) is 22.1. The van der Waals surface area contributed by atoms with E-state index in [9.17, 15) is 19.2 Å². The molecule has 5 rings (SSSR count). The zero-order valence-electron chi connectivity index (χ0n) is 17.1. The molecule has 6 atom stereocenters. The normalized spacial score (nSPS) is 29.0. The molecule has 2 aliphatic carbocycles. The lowest BCUT2D eigenvalue weighted by Gasteiger charge is -2.26. The summed E-state index contributed by atoms with van der Waals surface area (Å²) in [4.78, 5) is 49.6. The van der Waals surface area contributed by atoms with Crippen molar-refractivity contribution in [3.05, 3.63) is 64.7 Å². The number of halogens is 2. The van der Waals surface area contributed by atoms with Crippen LogP contribution in [0, 0.1) is 23.7 Å². The van der Waals surface area contributed by atoms with Crippen molar-refractivity contribution in [2.45, 2.75) is 17.4 Å². The first-order valence-corrected chi connectivity index (χ1v) is 11.8. The number of Topliss-reactive ketones (excluding diaryl/α,β-unsaturated/α-hetero) is 1. The Balaban J connectivity index is 1.18. The van der Waals surface area contributed by atoms with Crippen LogP contribution in [0.4, 0.5) is 0 Å². The minimum Gasteiger partial charge on any atom is -0.461 e. The molecule has 0 amide bonds. The Hall–Kier alpha value is -2.71. The number of hydrogen-bond acceptors (Lipinski definition) is 7. The van der Waals surface area contributed by atoms with Crippen molar-refractivity contribution in [3.8, 4) is 5.75 Å². The van der Waals surface area contributed by atoms with Gasteiger partial charge in [-0.25, -0.2) is 4.79 Å². The second kappa shape index (κ2) is 8.57. The van der Waals surface area contributed by atoms with Crippen LogP contribution < -0.4 is 4.74 Å². The van der Waals surface area contributed by atoms with Crippen molar-refractivity contribution in [1.82, 2.24) is 0 Å². The van der Waals surface area contributed by atoms with Gasteiger partial charge in [0, 0.05) is 11.5 Å². The molecule has 0 spiro atoms. The Labute approximate surface area is 202 Å². The molecular weight excluding hydrogens is 516 g/mol.